The molecule has 1 aliphatic heterocycles. The van der Waals surface area contributed by atoms with E-state index in [0.717, 1.165) is 5.75 Å². The van der Waals surface area contributed by atoms with Gasteiger partial charge in [0.15, 0.2) is 0 Å². The van der Waals surface area contributed by atoms with Crippen molar-refractivity contribution in [2.45, 2.75) is 24.3 Å². The molecule has 0 aliphatic carbocycles. The first kappa shape index (κ1) is 15.8. The van der Waals surface area contributed by atoms with E-state index >= 15 is 0 Å². The Labute approximate surface area is 123 Å². The van der Waals surface area contributed by atoms with Crippen molar-refractivity contribution in [1.82, 2.24) is 4.31 Å². The van der Waals surface area contributed by atoms with Crippen LogP contribution in [0.2, 0.25) is 0 Å². The number of aryl methyl sites for hydroxylation is 1. The van der Waals surface area contributed by atoms with Crippen molar-refractivity contribution in [2.24, 2.45) is 0 Å². The van der Waals surface area contributed by atoms with E-state index in [1.807, 2.05) is 0 Å². The average molecular weight is 319 g/mol. The maximum atomic E-state index is 13.1. The van der Waals surface area contributed by atoms with Gasteiger partial charge in [-0.25, -0.2) is 12.8 Å². The van der Waals surface area contributed by atoms with Gasteiger partial charge in [-0.05, 0) is 37.1 Å². The zero-order chi connectivity index (χ0) is 14.8. The Morgan fingerprint density at radius 3 is 2.90 bits per heavy atom. The number of halogens is 1. The zero-order valence-corrected chi connectivity index (χ0v) is 12.9. The Morgan fingerprint density at radius 2 is 2.25 bits per heavy atom. The molecule has 1 aromatic carbocycles. The van der Waals surface area contributed by atoms with Gasteiger partial charge < -0.3 is 5.11 Å². The fourth-order valence-corrected chi connectivity index (χ4v) is 5.54. The molecule has 1 aliphatic rings. The van der Waals surface area contributed by atoms with E-state index in [9.17, 15) is 12.8 Å². The van der Waals surface area contributed by atoms with Gasteiger partial charge in [0, 0.05) is 30.7 Å². The smallest absolute Gasteiger partial charge is 0.243 e. The van der Waals surface area contributed by atoms with Crippen molar-refractivity contribution in [3.05, 3.63) is 29.6 Å². The minimum atomic E-state index is -3.64. The lowest BCUT2D eigenvalue weighted by atomic mass is 10.2. The molecule has 7 heteroatoms. The second-order valence-corrected chi connectivity index (χ2v) is 7.78. The summed E-state index contributed by atoms with van der Waals surface area (Å²) in [7, 11) is -3.64. The van der Waals surface area contributed by atoms with Crippen LogP contribution in [0.5, 0.6) is 0 Å². The lowest BCUT2D eigenvalue weighted by molar-refractivity contribution is 0.237. The standard InChI is InChI=1S/C13H18FNO3S2/c1-10-8-11(14)2-3-13(10)20(17,18)15-5-7-19-9-12(15)4-6-16/h2-3,8,12,16H,4-7,9H2,1H3/t12-/m0/s1. The number of hydrogen-bond acceptors (Lipinski definition) is 4. The van der Waals surface area contributed by atoms with Crippen LogP contribution in [-0.4, -0.2) is 48.5 Å². The van der Waals surface area contributed by atoms with Gasteiger partial charge in [0.05, 0.1) is 4.90 Å². The molecule has 0 spiro atoms. The molecule has 1 saturated heterocycles. The summed E-state index contributed by atoms with van der Waals surface area (Å²) in [6, 6.07) is 3.51. The predicted molar refractivity (Wildman–Crippen MR) is 77.8 cm³/mol. The summed E-state index contributed by atoms with van der Waals surface area (Å²) in [6.07, 6.45) is 0.423. The predicted octanol–water partition coefficient (Wildman–Crippen LogP) is 1.62. The van der Waals surface area contributed by atoms with Gasteiger partial charge in [0.2, 0.25) is 10.0 Å². The molecule has 1 fully saturated rings. The Kier molecular flexibility index (Phi) is 5.06. The van der Waals surface area contributed by atoms with Crippen molar-refractivity contribution in [3.63, 3.8) is 0 Å². The number of benzene rings is 1. The van der Waals surface area contributed by atoms with E-state index in [4.69, 9.17) is 5.11 Å². The third-order valence-electron chi connectivity index (χ3n) is 3.36. The molecule has 112 valence electrons. The van der Waals surface area contributed by atoms with Crippen LogP contribution in [0.25, 0.3) is 0 Å². The first-order valence-corrected chi connectivity index (χ1v) is 9.03. The highest BCUT2D eigenvalue weighted by molar-refractivity contribution is 7.99. The van der Waals surface area contributed by atoms with Crippen LogP contribution in [0.4, 0.5) is 4.39 Å². The van der Waals surface area contributed by atoms with Crippen LogP contribution < -0.4 is 0 Å². The summed E-state index contributed by atoms with van der Waals surface area (Å²) in [4.78, 5) is 0.147. The second kappa shape index (κ2) is 6.43. The zero-order valence-electron chi connectivity index (χ0n) is 11.3. The van der Waals surface area contributed by atoms with E-state index < -0.39 is 15.8 Å². The lowest BCUT2D eigenvalue weighted by Crippen LogP contribution is -2.46. The molecule has 0 radical (unpaired) electrons. The molecule has 2 rings (SSSR count). The third kappa shape index (κ3) is 3.16. The number of sulfonamides is 1. The summed E-state index contributed by atoms with van der Waals surface area (Å²) in [5, 5.41) is 9.08. The van der Waals surface area contributed by atoms with E-state index in [1.54, 1.807) is 18.7 Å². The number of hydrogen-bond donors (Lipinski definition) is 1. The van der Waals surface area contributed by atoms with Gasteiger partial charge in [0.25, 0.3) is 0 Å². The van der Waals surface area contributed by atoms with Crippen molar-refractivity contribution in [2.75, 3.05) is 24.7 Å². The van der Waals surface area contributed by atoms with Gasteiger partial charge in [-0.2, -0.15) is 16.1 Å². The molecular formula is C13H18FNO3S2. The minimum Gasteiger partial charge on any atom is -0.396 e. The van der Waals surface area contributed by atoms with Gasteiger partial charge in [0.1, 0.15) is 5.82 Å². The molecule has 1 aromatic rings. The van der Waals surface area contributed by atoms with Gasteiger partial charge in [-0.15, -0.1) is 0 Å². The Morgan fingerprint density at radius 1 is 1.50 bits per heavy atom. The van der Waals surface area contributed by atoms with Crippen LogP contribution >= 0.6 is 11.8 Å². The summed E-state index contributed by atoms with van der Waals surface area (Å²) in [6.45, 7) is 1.98. The van der Waals surface area contributed by atoms with Crippen molar-refractivity contribution < 1.29 is 17.9 Å². The maximum Gasteiger partial charge on any atom is 0.243 e. The molecule has 0 amide bonds. The normalized spacial score (nSPS) is 21.1. The molecular weight excluding hydrogens is 301 g/mol. The molecule has 20 heavy (non-hydrogen) atoms. The fraction of sp³-hybridized carbons (Fsp3) is 0.538. The molecule has 1 atom stereocenters. The summed E-state index contributed by atoms with van der Waals surface area (Å²) < 4.78 is 40.0. The first-order chi connectivity index (χ1) is 9.46. The molecule has 0 bridgehead atoms. The fourth-order valence-electron chi connectivity index (χ4n) is 2.36. The van der Waals surface area contributed by atoms with E-state index in [0.29, 0.717) is 24.3 Å². The summed E-state index contributed by atoms with van der Waals surface area (Å²) in [5.74, 6) is 0.976. The van der Waals surface area contributed by atoms with Crippen LogP contribution in [0.15, 0.2) is 23.1 Å². The molecule has 0 aromatic heterocycles. The number of thioether (sulfide) groups is 1. The minimum absolute atomic E-state index is 0.0420. The van der Waals surface area contributed by atoms with Crippen molar-refractivity contribution in [3.8, 4) is 0 Å². The Bertz CT molecular complexity index is 575. The van der Waals surface area contributed by atoms with Gasteiger partial charge in [-0.1, -0.05) is 0 Å². The van der Waals surface area contributed by atoms with Crippen molar-refractivity contribution in [1.29, 1.82) is 0 Å². The van der Waals surface area contributed by atoms with Gasteiger partial charge in [-0.3, -0.25) is 0 Å². The molecule has 0 saturated carbocycles. The highest BCUT2D eigenvalue weighted by atomic mass is 32.2. The SMILES string of the molecule is Cc1cc(F)ccc1S(=O)(=O)N1CCSC[C@@H]1CCO. The number of aliphatic hydroxyl groups excluding tert-OH is 1. The summed E-state index contributed by atoms with van der Waals surface area (Å²) in [5.41, 5.74) is 0.408. The highest BCUT2D eigenvalue weighted by Gasteiger charge is 2.34. The molecule has 4 nitrogen and oxygen atoms in total. The second-order valence-electron chi connectivity index (χ2n) is 4.77. The van der Waals surface area contributed by atoms with Crippen molar-refractivity contribution >= 4 is 21.8 Å². The van der Waals surface area contributed by atoms with E-state index in [-0.39, 0.29) is 17.5 Å². The summed E-state index contributed by atoms with van der Waals surface area (Å²) >= 11 is 1.69. The topological polar surface area (TPSA) is 57.6 Å². The maximum absolute atomic E-state index is 13.1. The van der Waals surface area contributed by atoms with E-state index in [2.05, 4.69) is 0 Å². The van der Waals surface area contributed by atoms with Crippen LogP contribution in [0, 0.1) is 12.7 Å². The van der Waals surface area contributed by atoms with Crippen LogP contribution in [0.1, 0.15) is 12.0 Å². The van der Waals surface area contributed by atoms with Crippen LogP contribution in [-0.2, 0) is 10.0 Å². The number of nitrogens with zero attached hydrogens (tertiary/aromatic N) is 1. The average Bonchev–Trinajstić information content (AvgIpc) is 2.39. The quantitative estimate of drug-likeness (QED) is 0.916. The number of aliphatic hydroxyl groups is 1. The highest BCUT2D eigenvalue weighted by Crippen LogP contribution is 2.28. The third-order valence-corrected chi connectivity index (χ3v) is 6.56. The van der Waals surface area contributed by atoms with E-state index in [1.165, 1.54) is 22.5 Å². The van der Waals surface area contributed by atoms with Crippen LogP contribution in [0.3, 0.4) is 0 Å². The molecule has 1 N–H and O–H groups in total. The van der Waals surface area contributed by atoms with Gasteiger partial charge >= 0.3 is 0 Å². The first-order valence-electron chi connectivity index (χ1n) is 6.43. The Hall–Kier alpha value is -0.630. The Balaban J connectivity index is 2.37. The number of rotatable bonds is 4. The molecule has 1 heterocycles. The lowest BCUT2D eigenvalue weighted by Gasteiger charge is -2.34. The largest absolute Gasteiger partial charge is 0.396 e. The molecule has 0 unspecified atom stereocenters. The monoisotopic (exact) mass is 319 g/mol.